The zero-order valence-electron chi connectivity index (χ0n) is 15.7. The lowest BCUT2D eigenvalue weighted by atomic mass is 9.54. The van der Waals surface area contributed by atoms with Crippen molar-refractivity contribution in [1.82, 2.24) is 15.1 Å². The topological polar surface area (TPSA) is 82.2 Å². The number of carbonyl (C=O) groups is 1. The first kappa shape index (κ1) is 18.6. The Kier molecular flexibility index (Phi) is 5.16. The Bertz CT molecular complexity index is 756. The van der Waals surface area contributed by atoms with Gasteiger partial charge in [0.25, 0.3) is 0 Å². The Labute approximate surface area is 154 Å². The maximum Gasteiger partial charge on any atom is 0.241 e. The maximum absolute atomic E-state index is 12.7. The largest absolute Gasteiger partial charge is 0.378 e. The molecule has 1 aromatic carbocycles. The molecule has 0 aliphatic heterocycles. The smallest absolute Gasteiger partial charge is 0.241 e. The minimum atomic E-state index is -0.896. The van der Waals surface area contributed by atoms with Gasteiger partial charge in [-0.1, -0.05) is 44.2 Å². The van der Waals surface area contributed by atoms with Crippen LogP contribution in [0, 0.1) is 5.41 Å². The summed E-state index contributed by atoms with van der Waals surface area (Å²) in [5.41, 5.74) is 7.26. The molecule has 140 valence electrons. The van der Waals surface area contributed by atoms with Gasteiger partial charge in [0.2, 0.25) is 5.91 Å². The van der Waals surface area contributed by atoms with Crippen molar-refractivity contribution in [2.24, 2.45) is 11.1 Å². The second-order valence-electron chi connectivity index (χ2n) is 7.56. The molecule has 0 spiro atoms. The quantitative estimate of drug-likeness (QED) is 0.796. The molecule has 6 heteroatoms. The van der Waals surface area contributed by atoms with Gasteiger partial charge in [-0.15, -0.1) is 0 Å². The van der Waals surface area contributed by atoms with E-state index in [4.69, 9.17) is 10.5 Å². The molecule has 6 nitrogen and oxygen atoms in total. The summed E-state index contributed by atoms with van der Waals surface area (Å²) in [6, 6.07) is 10.1. The SMILES string of the molecule is CCOC1CC(N)(C(=O)NCc2cnn(Cc3ccccc3)c2)C1(C)C. The first-order valence-corrected chi connectivity index (χ1v) is 9.11. The molecule has 2 unspecified atom stereocenters. The fourth-order valence-electron chi connectivity index (χ4n) is 3.52. The molecule has 3 N–H and O–H groups in total. The van der Waals surface area contributed by atoms with E-state index in [-0.39, 0.29) is 17.4 Å². The van der Waals surface area contributed by atoms with Crippen molar-refractivity contribution in [2.75, 3.05) is 6.61 Å². The molecule has 3 rings (SSSR count). The molecule has 1 saturated carbocycles. The Morgan fingerprint density at radius 3 is 2.73 bits per heavy atom. The average molecular weight is 356 g/mol. The van der Waals surface area contributed by atoms with E-state index in [1.165, 1.54) is 5.56 Å². The number of rotatable bonds is 7. The molecule has 1 aliphatic rings. The summed E-state index contributed by atoms with van der Waals surface area (Å²) in [6.07, 6.45) is 4.30. The molecule has 26 heavy (non-hydrogen) atoms. The molecule has 0 bridgehead atoms. The van der Waals surface area contributed by atoms with Crippen LogP contribution in [-0.2, 0) is 22.6 Å². The normalized spacial score (nSPS) is 24.1. The monoisotopic (exact) mass is 356 g/mol. The van der Waals surface area contributed by atoms with Crippen LogP contribution in [-0.4, -0.2) is 33.9 Å². The van der Waals surface area contributed by atoms with Gasteiger partial charge >= 0.3 is 0 Å². The van der Waals surface area contributed by atoms with E-state index in [0.29, 0.717) is 26.1 Å². The molecule has 1 fully saturated rings. The van der Waals surface area contributed by atoms with Crippen molar-refractivity contribution < 1.29 is 9.53 Å². The zero-order valence-corrected chi connectivity index (χ0v) is 15.7. The first-order valence-electron chi connectivity index (χ1n) is 9.11. The molecule has 0 radical (unpaired) electrons. The third kappa shape index (κ3) is 3.39. The van der Waals surface area contributed by atoms with Crippen molar-refractivity contribution in [3.63, 3.8) is 0 Å². The van der Waals surface area contributed by atoms with Crippen molar-refractivity contribution in [2.45, 2.75) is 51.9 Å². The van der Waals surface area contributed by atoms with Gasteiger partial charge in [-0.2, -0.15) is 5.10 Å². The van der Waals surface area contributed by atoms with Crippen LogP contribution in [0.25, 0.3) is 0 Å². The van der Waals surface area contributed by atoms with E-state index >= 15 is 0 Å². The summed E-state index contributed by atoms with van der Waals surface area (Å²) in [5.74, 6) is -0.130. The van der Waals surface area contributed by atoms with Crippen LogP contribution < -0.4 is 11.1 Å². The number of amides is 1. The molecule has 1 amide bonds. The van der Waals surface area contributed by atoms with E-state index in [9.17, 15) is 4.79 Å². The summed E-state index contributed by atoms with van der Waals surface area (Å²) in [5, 5.41) is 7.33. The minimum absolute atomic E-state index is 0.0249. The average Bonchev–Trinajstić information content (AvgIpc) is 3.07. The number of ether oxygens (including phenoxy) is 1. The summed E-state index contributed by atoms with van der Waals surface area (Å²) in [7, 11) is 0. The highest BCUT2D eigenvalue weighted by atomic mass is 16.5. The molecule has 0 saturated heterocycles. The highest BCUT2D eigenvalue weighted by Crippen LogP contribution is 2.49. The number of nitrogens with zero attached hydrogens (tertiary/aromatic N) is 2. The lowest BCUT2D eigenvalue weighted by Crippen LogP contribution is -2.75. The number of hydrogen-bond acceptors (Lipinski definition) is 4. The van der Waals surface area contributed by atoms with Gasteiger partial charge in [0.15, 0.2) is 0 Å². The number of carbonyl (C=O) groups excluding carboxylic acids is 1. The second kappa shape index (κ2) is 7.21. The molecule has 1 aliphatic carbocycles. The van der Waals surface area contributed by atoms with E-state index < -0.39 is 5.54 Å². The highest BCUT2D eigenvalue weighted by molar-refractivity contribution is 5.88. The minimum Gasteiger partial charge on any atom is -0.378 e. The molecule has 1 aromatic heterocycles. The van der Waals surface area contributed by atoms with Gasteiger partial charge in [-0.25, -0.2) is 0 Å². The van der Waals surface area contributed by atoms with Crippen LogP contribution in [0.15, 0.2) is 42.7 Å². The van der Waals surface area contributed by atoms with Crippen molar-refractivity contribution in [3.05, 3.63) is 53.9 Å². The Hall–Kier alpha value is -2.18. The molecule has 2 atom stereocenters. The van der Waals surface area contributed by atoms with E-state index in [2.05, 4.69) is 22.5 Å². The Balaban J connectivity index is 1.55. The van der Waals surface area contributed by atoms with Crippen LogP contribution in [0.2, 0.25) is 0 Å². The lowest BCUT2D eigenvalue weighted by Gasteiger charge is -2.57. The number of benzene rings is 1. The third-order valence-electron chi connectivity index (χ3n) is 5.56. The summed E-state index contributed by atoms with van der Waals surface area (Å²) < 4.78 is 7.56. The van der Waals surface area contributed by atoms with E-state index in [0.717, 1.165) is 5.56 Å². The van der Waals surface area contributed by atoms with Gasteiger partial charge in [0, 0.05) is 36.7 Å². The van der Waals surface area contributed by atoms with Crippen molar-refractivity contribution in [3.8, 4) is 0 Å². The van der Waals surface area contributed by atoms with Gasteiger partial charge in [-0.05, 0) is 12.5 Å². The fraction of sp³-hybridized carbons (Fsp3) is 0.500. The second-order valence-corrected chi connectivity index (χ2v) is 7.56. The highest BCUT2D eigenvalue weighted by Gasteiger charge is 2.62. The standard InChI is InChI=1S/C20H28N4O2/c1-4-26-17-10-20(21,19(17,2)3)18(25)22-11-16-12-23-24(14-16)13-15-8-6-5-7-9-15/h5-9,12,14,17H,4,10-11,13,21H2,1-3H3,(H,22,25). The summed E-state index contributed by atoms with van der Waals surface area (Å²) in [6.45, 7) is 7.70. The van der Waals surface area contributed by atoms with Crippen LogP contribution in [0.4, 0.5) is 0 Å². The number of hydrogen-bond donors (Lipinski definition) is 2. The van der Waals surface area contributed by atoms with Gasteiger partial charge in [0.05, 0.1) is 18.8 Å². The number of nitrogens with one attached hydrogen (secondary N) is 1. The van der Waals surface area contributed by atoms with Crippen LogP contribution >= 0.6 is 0 Å². The van der Waals surface area contributed by atoms with E-state index in [1.807, 2.05) is 49.8 Å². The van der Waals surface area contributed by atoms with Gasteiger partial charge in [0.1, 0.15) is 5.54 Å². The predicted molar refractivity (Wildman–Crippen MR) is 100 cm³/mol. The van der Waals surface area contributed by atoms with Gasteiger partial charge < -0.3 is 15.8 Å². The van der Waals surface area contributed by atoms with Crippen LogP contribution in [0.3, 0.4) is 0 Å². The van der Waals surface area contributed by atoms with Crippen LogP contribution in [0.5, 0.6) is 0 Å². The number of nitrogens with two attached hydrogens (primary N) is 1. The Morgan fingerprint density at radius 2 is 2.08 bits per heavy atom. The fourth-order valence-corrected chi connectivity index (χ4v) is 3.52. The molecular weight excluding hydrogens is 328 g/mol. The van der Waals surface area contributed by atoms with Crippen LogP contribution in [0.1, 0.15) is 38.3 Å². The summed E-state index contributed by atoms with van der Waals surface area (Å²) in [4.78, 5) is 12.7. The van der Waals surface area contributed by atoms with Crippen molar-refractivity contribution in [1.29, 1.82) is 0 Å². The van der Waals surface area contributed by atoms with Crippen molar-refractivity contribution >= 4 is 5.91 Å². The lowest BCUT2D eigenvalue weighted by molar-refractivity contribution is -0.170. The molecular formula is C20H28N4O2. The summed E-state index contributed by atoms with van der Waals surface area (Å²) >= 11 is 0. The van der Waals surface area contributed by atoms with E-state index in [1.54, 1.807) is 6.20 Å². The third-order valence-corrected chi connectivity index (χ3v) is 5.56. The first-order chi connectivity index (χ1) is 12.4. The predicted octanol–water partition coefficient (Wildman–Crippen LogP) is 2.08. The number of aromatic nitrogens is 2. The molecule has 1 heterocycles. The zero-order chi connectivity index (χ0) is 18.8. The Morgan fingerprint density at radius 1 is 1.35 bits per heavy atom. The maximum atomic E-state index is 12.7. The molecule has 2 aromatic rings. The van der Waals surface area contributed by atoms with Gasteiger partial charge in [-0.3, -0.25) is 9.48 Å².